The van der Waals surface area contributed by atoms with E-state index in [-0.39, 0.29) is 16.5 Å². The standard InChI is InChI=1S/C11H9BrFNO4/c1-18-11(16)10(14-17)8(15)5-6-3-2-4-7(12)9(6)13/h2-4,15H,5H2,1H3. The molecule has 0 spiro atoms. The van der Waals surface area contributed by atoms with Crippen LogP contribution in [0.3, 0.4) is 0 Å². The molecule has 1 N–H and O–H groups in total. The van der Waals surface area contributed by atoms with Crippen LogP contribution in [0.15, 0.2) is 39.3 Å². The highest BCUT2D eigenvalue weighted by atomic mass is 79.9. The van der Waals surface area contributed by atoms with Gasteiger partial charge in [-0.05, 0) is 32.7 Å². The van der Waals surface area contributed by atoms with Gasteiger partial charge in [-0.2, -0.15) is 0 Å². The number of rotatable bonds is 4. The van der Waals surface area contributed by atoms with Crippen molar-refractivity contribution >= 4 is 21.9 Å². The monoisotopic (exact) mass is 317 g/mol. The predicted octanol–water partition coefficient (Wildman–Crippen LogP) is 2.84. The Bertz CT molecular complexity index is 516. The summed E-state index contributed by atoms with van der Waals surface area (Å²) in [6.45, 7) is 0. The molecular formula is C11H9BrFNO4. The van der Waals surface area contributed by atoms with Gasteiger partial charge in [0.05, 0.1) is 11.6 Å². The van der Waals surface area contributed by atoms with Crippen LogP contribution in [0.25, 0.3) is 0 Å². The van der Waals surface area contributed by atoms with Crippen LogP contribution in [0.5, 0.6) is 0 Å². The molecule has 0 atom stereocenters. The van der Waals surface area contributed by atoms with E-state index < -0.39 is 23.2 Å². The molecule has 0 fully saturated rings. The molecule has 96 valence electrons. The molecule has 0 aromatic heterocycles. The van der Waals surface area contributed by atoms with Crippen molar-refractivity contribution in [1.82, 2.24) is 0 Å². The largest absolute Gasteiger partial charge is 0.509 e. The van der Waals surface area contributed by atoms with Gasteiger partial charge in [-0.15, -0.1) is 4.91 Å². The van der Waals surface area contributed by atoms with Crippen LogP contribution < -0.4 is 0 Å². The highest BCUT2D eigenvalue weighted by Crippen LogP contribution is 2.21. The first-order valence-corrected chi connectivity index (χ1v) is 5.57. The maximum atomic E-state index is 13.6. The van der Waals surface area contributed by atoms with E-state index in [0.29, 0.717) is 0 Å². The molecule has 0 amide bonds. The average Bonchev–Trinajstić information content (AvgIpc) is 2.35. The summed E-state index contributed by atoms with van der Waals surface area (Å²) in [4.78, 5) is 21.5. The molecule has 0 heterocycles. The lowest BCUT2D eigenvalue weighted by Crippen LogP contribution is -2.08. The third kappa shape index (κ3) is 3.13. The van der Waals surface area contributed by atoms with Crippen molar-refractivity contribution in [2.45, 2.75) is 6.42 Å². The molecule has 0 aliphatic carbocycles. The van der Waals surface area contributed by atoms with E-state index in [1.165, 1.54) is 12.1 Å². The van der Waals surface area contributed by atoms with Gasteiger partial charge < -0.3 is 9.84 Å². The summed E-state index contributed by atoms with van der Waals surface area (Å²) in [6, 6.07) is 4.46. The number of nitrogens with zero attached hydrogens (tertiary/aromatic N) is 1. The number of aliphatic hydroxyl groups is 1. The number of carbonyl (C=O) groups is 1. The Labute approximate surface area is 110 Å². The highest BCUT2D eigenvalue weighted by molar-refractivity contribution is 9.10. The van der Waals surface area contributed by atoms with Crippen LogP contribution in [0.2, 0.25) is 0 Å². The highest BCUT2D eigenvalue weighted by Gasteiger charge is 2.18. The number of hydrogen-bond acceptors (Lipinski definition) is 5. The van der Waals surface area contributed by atoms with E-state index in [9.17, 15) is 19.2 Å². The molecule has 0 saturated heterocycles. The van der Waals surface area contributed by atoms with E-state index in [1.54, 1.807) is 6.07 Å². The van der Waals surface area contributed by atoms with Crippen LogP contribution in [0, 0.1) is 10.7 Å². The summed E-state index contributed by atoms with van der Waals surface area (Å²) < 4.78 is 18.1. The average molecular weight is 318 g/mol. The molecule has 1 aromatic rings. The normalized spacial score (nSPS) is 11.7. The van der Waals surface area contributed by atoms with Gasteiger partial charge in [0.1, 0.15) is 11.6 Å². The summed E-state index contributed by atoms with van der Waals surface area (Å²) in [5, 5.41) is 12.0. The molecule has 0 unspecified atom stereocenters. The smallest absolute Gasteiger partial charge is 0.363 e. The molecule has 0 radical (unpaired) electrons. The number of allylic oxidation sites excluding steroid dienone is 1. The lowest BCUT2D eigenvalue weighted by atomic mass is 10.1. The minimum Gasteiger partial charge on any atom is -0.509 e. The Hall–Kier alpha value is -1.76. The summed E-state index contributed by atoms with van der Waals surface area (Å²) in [5.74, 6) is -2.30. The van der Waals surface area contributed by atoms with Crippen molar-refractivity contribution in [3.8, 4) is 0 Å². The number of aliphatic hydroxyl groups excluding tert-OH is 1. The maximum Gasteiger partial charge on any atom is 0.363 e. The molecule has 0 aliphatic heterocycles. The Morgan fingerprint density at radius 1 is 1.56 bits per heavy atom. The summed E-state index contributed by atoms with van der Waals surface area (Å²) in [5.41, 5.74) is -0.649. The Morgan fingerprint density at radius 2 is 2.22 bits per heavy atom. The van der Waals surface area contributed by atoms with Crippen molar-refractivity contribution in [1.29, 1.82) is 0 Å². The number of benzene rings is 1. The van der Waals surface area contributed by atoms with Crippen LogP contribution in [-0.4, -0.2) is 18.2 Å². The van der Waals surface area contributed by atoms with Gasteiger partial charge in [0, 0.05) is 6.42 Å². The topological polar surface area (TPSA) is 76.0 Å². The van der Waals surface area contributed by atoms with Gasteiger partial charge in [-0.25, -0.2) is 9.18 Å². The maximum absolute atomic E-state index is 13.6. The third-order valence-corrected chi connectivity index (χ3v) is 2.75. The zero-order valence-electron chi connectivity index (χ0n) is 9.31. The Kier molecular flexibility index (Phi) is 4.96. The number of esters is 1. The first-order chi connectivity index (χ1) is 8.51. The van der Waals surface area contributed by atoms with E-state index in [1.807, 2.05) is 0 Å². The second-order valence-corrected chi connectivity index (χ2v) is 4.12. The summed E-state index contributed by atoms with van der Waals surface area (Å²) in [6.07, 6.45) is -0.332. The van der Waals surface area contributed by atoms with Gasteiger partial charge in [0.15, 0.2) is 0 Å². The quantitative estimate of drug-likeness (QED) is 0.401. The molecule has 0 bridgehead atoms. The Morgan fingerprint density at radius 3 is 2.78 bits per heavy atom. The third-order valence-electron chi connectivity index (χ3n) is 2.13. The molecule has 0 aliphatic rings. The molecule has 7 heteroatoms. The first-order valence-electron chi connectivity index (χ1n) is 4.78. The van der Waals surface area contributed by atoms with Crippen LogP contribution >= 0.6 is 15.9 Å². The van der Waals surface area contributed by atoms with Gasteiger partial charge in [0.2, 0.25) is 5.70 Å². The predicted molar refractivity (Wildman–Crippen MR) is 65.3 cm³/mol. The number of hydrogen-bond donors (Lipinski definition) is 1. The zero-order valence-corrected chi connectivity index (χ0v) is 10.9. The number of nitroso groups, excluding NO2 is 1. The second kappa shape index (κ2) is 6.25. The molecular weight excluding hydrogens is 309 g/mol. The molecule has 1 aromatic carbocycles. The minimum absolute atomic E-state index is 0.118. The van der Waals surface area contributed by atoms with Gasteiger partial charge in [0.25, 0.3) is 0 Å². The van der Waals surface area contributed by atoms with E-state index in [0.717, 1.165) is 7.11 Å². The van der Waals surface area contributed by atoms with Crippen molar-refractivity contribution in [3.05, 3.63) is 50.4 Å². The zero-order chi connectivity index (χ0) is 13.7. The SMILES string of the molecule is COC(=O)C(N=O)=C(O)Cc1cccc(Br)c1F. The van der Waals surface area contributed by atoms with Crippen molar-refractivity contribution in [2.75, 3.05) is 7.11 Å². The molecule has 1 rings (SSSR count). The first kappa shape index (κ1) is 14.3. The van der Waals surface area contributed by atoms with E-state index in [4.69, 9.17) is 0 Å². The number of halogens is 2. The number of methoxy groups -OCH3 is 1. The molecule has 18 heavy (non-hydrogen) atoms. The lowest BCUT2D eigenvalue weighted by molar-refractivity contribution is -0.136. The number of carbonyl (C=O) groups excluding carboxylic acids is 1. The minimum atomic E-state index is -1.07. The van der Waals surface area contributed by atoms with Gasteiger partial charge in [-0.3, -0.25) is 0 Å². The van der Waals surface area contributed by atoms with Crippen LogP contribution in [0.1, 0.15) is 5.56 Å². The Balaban J connectivity index is 3.09. The van der Waals surface area contributed by atoms with E-state index >= 15 is 0 Å². The molecule has 5 nitrogen and oxygen atoms in total. The second-order valence-electron chi connectivity index (χ2n) is 3.27. The van der Waals surface area contributed by atoms with Crippen molar-refractivity contribution < 1.29 is 19.0 Å². The van der Waals surface area contributed by atoms with Crippen molar-refractivity contribution in [2.24, 2.45) is 5.18 Å². The van der Waals surface area contributed by atoms with Crippen LogP contribution in [0.4, 0.5) is 4.39 Å². The van der Waals surface area contributed by atoms with E-state index in [2.05, 4.69) is 25.8 Å². The fraction of sp³-hybridized carbons (Fsp3) is 0.182. The van der Waals surface area contributed by atoms with Gasteiger partial charge >= 0.3 is 5.97 Å². The van der Waals surface area contributed by atoms with Crippen molar-refractivity contribution in [3.63, 3.8) is 0 Å². The summed E-state index contributed by atoms with van der Waals surface area (Å²) in [7, 11) is 1.04. The van der Waals surface area contributed by atoms with Gasteiger partial charge in [-0.1, -0.05) is 12.1 Å². The fourth-order valence-electron chi connectivity index (χ4n) is 1.25. The number of ether oxygens (including phenoxy) is 1. The lowest BCUT2D eigenvalue weighted by Gasteiger charge is -2.05. The molecule has 0 saturated carbocycles. The fourth-order valence-corrected chi connectivity index (χ4v) is 1.66. The van der Waals surface area contributed by atoms with Crippen LogP contribution in [-0.2, 0) is 16.0 Å². The summed E-state index contributed by atoms with van der Waals surface area (Å²) >= 11 is 2.98.